The number of hydrogen-bond donors (Lipinski definition) is 2. The maximum atomic E-state index is 12.3. The summed E-state index contributed by atoms with van der Waals surface area (Å²) in [5.41, 5.74) is 1.24. The van der Waals surface area contributed by atoms with E-state index in [0.29, 0.717) is 29.2 Å². The molecule has 21 heavy (non-hydrogen) atoms. The smallest absolute Gasteiger partial charge is 0.387 e. The minimum Gasteiger partial charge on any atom is -0.508 e. The molecule has 2 aromatic rings. The topological polar surface area (TPSA) is 41.5 Å². The number of benzene rings is 2. The Morgan fingerprint density at radius 2 is 1.81 bits per heavy atom. The van der Waals surface area contributed by atoms with Gasteiger partial charge in [0.1, 0.15) is 11.5 Å². The number of phenolic OH excluding ortho intramolecular Hbond substituents is 1. The third-order valence-electron chi connectivity index (χ3n) is 2.86. The van der Waals surface area contributed by atoms with Crippen LogP contribution >= 0.6 is 11.6 Å². The third-order valence-corrected chi connectivity index (χ3v) is 3.10. The molecule has 2 rings (SSSR count). The van der Waals surface area contributed by atoms with Crippen molar-refractivity contribution < 1.29 is 18.6 Å². The van der Waals surface area contributed by atoms with Gasteiger partial charge in [-0.2, -0.15) is 8.78 Å². The van der Waals surface area contributed by atoms with E-state index in [2.05, 4.69) is 10.1 Å². The van der Waals surface area contributed by atoms with Gasteiger partial charge in [0.2, 0.25) is 0 Å². The minimum absolute atomic E-state index is 0.129. The summed E-state index contributed by atoms with van der Waals surface area (Å²) in [5, 5.41) is 13.3. The number of para-hydroxylation sites is 1. The molecule has 0 saturated heterocycles. The molecule has 0 spiro atoms. The van der Waals surface area contributed by atoms with Crippen molar-refractivity contribution >= 4 is 11.6 Å². The van der Waals surface area contributed by atoms with Gasteiger partial charge in [0.15, 0.2) is 0 Å². The van der Waals surface area contributed by atoms with E-state index in [4.69, 9.17) is 11.6 Å². The molecule has 112 valence electrons. The maximum Gasteiger partial charge on any atom is 0.387 e. The lowest BCUT2D eigenvalue weighted by atomic mass is 10.1. The van der Waals surface area contributed by atoms with E-state index in [0.717, 1.165) is 0 Å². The van der Waals surface area contributed by atoms with Crippen LogP contribution in [0.25, 0.3) is 0 Å². The number of ether oxygens (including phenoxy) is 1. The van der Waals surface area contributed by atoms with Crippen molar-refractivity contribution in [1.29, 1.82) is 0 Å². The highest BCUT2D eigenvalue weighted by Gasteiger charge is 2.09. The Morgan fingerprint density at radius 1 is 1.10 bits per heavy atom. The van der Waals surface area contributed by atoms with Crippen molar-refractivity contribution in [3.63, 3.8) is 0 Å². The zero-order valence-electron chi connectivity index (χ0n) is 11.0. The van der Waals surface area contributed by atoms with Gasteiger partial charge in [-0.1, -0.05) is 29.8 Å². The van der Waals surface area contributed by atoms with Crippen molar-refractivity contribution in [3.05, 3.63) is 58.6 Å². The fourth-order valence-corrected chi connectivity index (χ4v) is 2.08. The van der Waals surface area contributed by atoms with Crippen molar-refractivity contribution in [2.75, 3.05) is 0 Å². The number of alkyl halides is 2. The SMILES string of the molecule is Oc1ccc(Cl)cc1CNCc1ccccc1OC(F)F. The Labute approximate surface area is 126 Å². The summed E-state index contributed by atoms with van der Waals surface area (Å²) >= 11 is 5.85. The minimum atomic E-state index is -2.86. The van der Waals surface area contributed by atoms with Crippen LogP contribution in [0.4, 0.5) is 8.78 Å². The lowest BCUT2D eigenvalue weighted by molar-refractivity contribution is -0.0505. The molecule has 0 aromatic heterocycles. The average molecular weight is 314 g/mol. The van der Waals surface area contributed by atoms with Crippen LogP contribution in [0.15, 0.2) is 42.5 Å². The summed E-state index contributed by atoms with van der Waals surface area (Å²) in [5.74, 6) is 0.263. The molecule has 0 atom stereocenters. The molecule has 2 aromatic carbocycles. The second kappa shape index (κ2) is 7.24. The van der Waals surface area contributed by atoms with Gasteiger partial charge in [0.25, 0.3) is 0 Å². The van der Waals surface area contributed by atoms with Crippen molar-refractivity contribution in [2.24, 2.45) is 0 Å². The number of nitrogens with one attached hydrogen (secondary N) is 1. The molecule has 0 bridgehead atoms. The van der Waals surface area contributed by atoms with Gasteiger partial charge >= 0.3 is 6.61 Å². The number of phenols is 1. The van der Waals surface area contributed by atoms with Gasteiger partial charge in [0.05, 0.1) is 0 Å². The maximum absolute atomic E-state index is 12.3. The highest BCUT2D eigenvalue weighted by Crippen LogP contribution is 2.23. The highest BCUT2D eigenvalue weighted by molar-refractivity contribution is 6.30. The molecule has 0 aliphatic carbocycles. The van der Waals surface area contributed by atoms with Crippen LogP contribution in [0.5, 0.6) is 11.5 Å². The van der Waals surface area contributed by atoms with Crippen molar-refractivity contribution in [3.8, 4) is 11.5 Å². The van der Waals surface area contributed by atoms with E-state index in [9.17, 15) is 13.9 Å². The van der Waals surface area contributed by atoms with Crippen molar-refractivity contribution in [1.82, 2.24) is 5.32 Å². The normalized spacial score (nSPS) is 10.9. The summed E-state index contributed by atoms with van der Waals surface area (Å²) in [6.07, 6.45) is 0. The molecule has 0 unspecified atom stereocenters. The quantitative estimate of drug-likeness (QED) is 0.849. The fourth-order valence-electron chi connectivity index (χ4n) is 1.89. The van der Waals surface area contributed by atoms with Crippen LogP contribution in [0, 0.1) is 0 Å². The summed E-state index contributed by atoms with van der Waals surface area (Å²) in [6.45, 7) is -2.17. The van der Waals surface area contributed by atoms with Crippen LogP contribution in [-0.4, -0.2) is 11.7 Å². The molecule has 0 saturated carbocycles. The van der Waals surface area contributed by atoms with E-state index in [1.54, 1.807) is 30.3 Å². The molecule has 2 N–H and O–H groups in total. The molecular weight excluding hydrogens is 300 g/mol. The summed E-state index contributed by atoms with van der Waals surface area (Å²) in [6, 6.07) is 11.3. The number of halogens is 3. The van der Waals surface area contributed by atoms with Gasteiger partial charge in [-0.15, -0.1) is 0 Å². The number of rotatable bonds is 6. The molecule has 0 radical (unpaired) electrons. The van der Waals surface area contributed by atoms with Gasteiger partial charge in [-0.3, -0.25) is 0 Å². The second-order valence-electron chi connectivity index (χ2n) is 4.36. The average Bonchev–Trinajstić information content (AvgIpc) is 2.44. The van der Waals surface area contributed by atoms with E-state index in [1.807, 2.05) is 0 Å². The fraction of sp³-hybridized carbons (Fsp3) is 0.200. The molecule has 0 heterocycles. The first-order chi connectivity index (χ1) is 10.1. The Balaban J connectivity index is 1.99. The zero-order chi connectivity index (χ0) is 15.2. The molecule has 6 heteroatoms. The summed E-state index contributed by atoms with van der Waals surface area (Å²) in [4.78, 5) is 0. The highest BCUT2D eigenvalue weighted by atomic mass is 35.5. The van der Waals surface area contributed by atoms with Crippen LogP contribution in [0.3, 0.4) is 0 Å². The predicted octanol–water partition coefficient (Wildman–Crippen LogP) is 3.94. The third kappa shape index (κ3) is 4.58. The van der Waals surface area contributed by atoms with Crippen LogP contribution in [0.1, 0.15) is 11.1 Å². The van der Waals surface area contributed by atoms with Crippen LogP contribution in [0.2, 0.25) is 5.02 Å². The lowest BCUT2D eigenvalue weighted by Crippen LogP contribution is -2.14. The van der Waals surface area contributed by atoms with E-state index in [1.165, 1.54) is 12.1 Å². The summed E-state index contributed by atoms with van der Waals surface area (Å²) < 4.78 is 29.0. The lowest BCUT2D eigenvalue weighted by Gasteiger charge is -2.12. The first kappa shape index (κ1) is 15.5. The molecular formula is C15H14ClF2NO2. The van der Waals surface area contributed by atoms with Gasteiger partial charge in [-0.25, -0.2) is 0 Å². The van der Waals surface area contributed by atoms with Crippen LogP contribution in [-0.2, 0) is 13.1 Å². The Morgan fingerprint density at radius 3 is 2.57 bits per heavy atom. The molecule has 0 amide bonds. The number of hydrogen-bond acceptors (Lipinski definition) is 3. The van der Waals surface area contributed by atoms with E-state index in [-0.39, 0.29) is 11.5 Å². The first-order valence-electron chi connectivity index (χ1n) is 6.27. The molecule has 0 fully saturated rings. The standard InChI is InChI=1S/C15H14ClF2NO2/c16-12-5-6-13(20)11(7-12)9-19-8-10-3-1-2-4-14(10)21-15(17)18/h1-7,15,19-20H,8-9H2. The zero-order valence-corrected chi connectivity index (χ0v) is 11.8. The monoisotopic (exact) mass is 313 g/mol. The first-order valence-corrected chi connectivity index (χ1v) is 6.65. The van der Waals surface area contributed by atoms with E-state index < -0.39 is 6.61 Å². The molecule has 3 nitrogen and oxygen atoms in total. The van der Waals surface area contributed by atoms with E-state index >= 15 is 0 Å². The van der Waals surface area contributed by atoms with Crippen LogP contribution < -0.4 is 10.1 Å². The largest absolute Gasteiger partial charge is 0.508 e. The van der Waals surface area contributed by atoms with Gasteiger partial charge < -0.3 is 15.2 Å². The molecule has 0 aliphatic heterocycles. The molecule has 0 aliphatic rings. The Kier molecular flexibility index (Phi) is 5.36. The second-order valence-corrected chi connectivity index (χ2v) is 4.80. The Bertz CT molecular complexity index is 608. The van der Waals surface area contributed by atoms with Gasteiger partial charge in [-0.05, 0) is 24.3 Å². The number of aromatic hydroxyl groups is 1. The van der Waals surface area contributed by atoms with Gasteiger partial charge in [0, 0.05) is 29.2 Å². The predicted molar refractivity (Wildman–Crippen MR) is 76.7 cm³/mol. The van der Waals surface area contributed by atoms with Crippen molar-refractivity contribution in [2.45, 2.75) is 19.7 Å². The Hall–Kier alpha value is -1.85. The summed E-state index contributed by atoms with van der Waals surface area (Å²) in [7, 11) is 0.